The van der Waals surface area contributed by atoms with Crippen LogP contribution >= 0.6 is 0 Å². The van der Waals surface area contributed by atoms with E-state index < -0.39 is 64.4 Å². The number of hydrogen-bond acceptors (Lipinski definition) is 12. The van der Waals surface area contributed by atoms with Crippen molar-refractivity contribution in [3.8, 4) is 29.1 Å². The molecule has 5 aliphatic rings. The molecule has 15 nitrogen and oxygen atoms in total. The summed E-state index contributed by atoms with van der Waals surface area (Å²) in [5.41, 5.74) is 3.66. The highest BCUT2D eigenvalue weighted by Crippen LogP contribution is 2.66. The molecule has 0 bridgehead atoms. The van der Waals surface area contributed by atoms with Crippen molar-refractivity contribution in [1.82, 2.24) is 9.80 Å². The highest BCUT2D eigenvalue weighted by Gasteiger charge is 2.76. The van der Waals surface area contributed by atoms with Gasteiger partial charge in [-0.3, -0.25) is 29.4 Å². The Balaban J connectivity index is 1.16. The number of carbonyl (C=O) groups is 4. The predicted octanol–water partition coefficient (Wildman–Crippen LogP) is 9.76. The van der Waals surface area contributed by atoms with Gasteiger partial charge in [0.05, 0.1) is 42.8 Å². The number of cyclic esters (lactones) is 1. The molecule has 1 N–H and O–H groups in total. The van der Waals surface area contributed by atoms with Gasteiger partial charge in [-0.25, -0.2) is 9.69 Å². The van der Waals surface area contributed by atoms with E-state index in [0.717, 1.165) is 52.8 Å². The molecule has 0 saturated carbocycles. The second-order valence-electron chi connectivity index (χ2n) is 19.4. The molecule has 2 saturated heterocycles. The van der Waals surface area contributed by atoms with Crippen LogP contribution in [0.4, 0.5) is 16.2 Å². The Kier molecular flexibility index (Phi) is 12.9. The number of non-ortho nitro benzene ring substituents is 1. The fourth-order valence-corrected chi connectivity index (χ4v) is 11.9. The van der Waals surface area contributed by atoms with E-state index in [1.165, 1.54) is 43.5 Å². The number of nitrogens with zero attached hydrogens (tertiary/aromatic N) is 4. The zero-order valence-corrected chi connectivity index (χ0v) is 41.2. The molecular formula is C60H52N4O11. The van der Waals surface area contributed by atoms with Crippen molar-refractivity contribution in [2.75, 3.05) is 25.7 Å². The lowest BCUT2D eigenvalue weighted by Gasteiger charge is -2.46. The first kappa shape index (κ1) is 48.5. The molecular weight excluding hydrogens is 953 g/mol. The van der Waals surface area contributed by atoms with Gasteiger partial charge in [-0.05, 0) is 131 Å². The molecule has 0 unspecified atom stereocenters. The van der Waals surface area contributed by atoms with Gasteiger partial charge in [-0.1, -0.05) is 90.7 Å². The number of amides is 3. The number of esters is 1. The summed E-state index contributed by atoms with van der Waals surface area (Å²) in [7, 11) is 3.09. The Morgan fingerprint density at radius 3 is 2.15 bits per heavy atom. The SMILES string of the molecule is COc1cc2c(cc1OC)CN(C(=O)[C@H]1[C@@H]3C(=O)O[C@@H](c4ccccc4)[C@@H](c4ccccc4)N3[C@@H](c3ccc(O)cc3)[C@]13C(=O)N(C(=O)OCc1ccc([N+](=O)[O-])cc1)c1ccc(C#CC4=CCCCC4)cc13)CC2. The summed E-state index contributed by atoms with van der Waals surface area (Å²) in [5, 5.41) is 22.4. The van der Waals surface area contributed by atoms with Crippen molar-refractivity contribution in [1.29, 1.82) is 0 Å². The first-order valence-corrected chi connectivity index (χ1v) is 25.0. The fraction of sp³-hybridized carbons (Fsp3) is 0.267. The number of nitro groups is 1. The van der Waals surface area contributed by atoms with Gasteiger partial charge in [0.1, 0.15) is 29.9 Å². The van der Waals surface area contributed by atoms with Crippen molar-refractivity contribution < 1.29 is 48.2 Å². The molecule has 11 rings (SSSR count). The maximum atomic E-state index is 16.8. The first-order valence-electron chi connectivity index (χ1n) is 25.0. The Morgan fingerprint density at radius 1 is 0.787 bits per heavy atom. The largest absolute Gasteiger partial charge is 0.508 e. The topological polar surface area (TPSA) is 178 Å². The van der Waals surface area contributed by atoms with E-state index in [1.807, 2.05) is 77.7 Å². The van der Waals surface area contributed by atoms with Gasteiger partial charge >= 0.3 is 12.1 Å². The number of phenols is 1. The van der Waals surface area contributed by atoms with Crippen LogP contribution in [0, 0.1) is 27.9 Å². The number of methoxy groups -OCH3 is 2. The molecule has 0 aromatic heterocycles. The zero-order valence-electron chi connectivity index (χ0n) is 41.2. The first-order chi connectivity index (χ1) is 36.5. The Labute approximate surface area is 433 Å². The molecule has 1 aliphatic carbocycles. The molecule has 6 atom stereocenters. The van der Waals surface area contributed by atoms with Gasteiger partial charge in [-0.2, -0.15) is 0 Å². The number of imide groups is 1. The van der Waals surface area contributed by atoms with E-state index in [1.54, 1.807) is 42.3 Å². The van der Waals surface area contributed by atoms with Gasteiger partial charge in [0, 0.05) is 30.8 Å². The molecule has 2 fully saturated rings. The number of morpholine rings is 1. The zero-order chi connectivity index (χ0) is 52.0. The maximum absolute atomic E-state index is 16.8. The minimum atomic E-state index is -2.10. The van der Waals surface area contributed by atoms with E-state index in [-0.39, 0.29) is 42.4 Å². The van der Waals surface area contributed by atoms with Crippen molar-refractivity contribution in [3.63, 3.8) is 0 Å². The van der Waals surface area contributed by atoms with Crippen LogP contribution in [0.5, 0.6) is 17.2 Å². The van der Waals surface area contributed by atoms with Gasteiger partial charge in [0.25, 0.3) is 5.69 Å². The van der Waals surface area contributed by atoms with E-state index in [9.17, 15) is 15.2 Å². The van der Waals surface area contributed by atoms with Crippen LogP contribution in [0.1, 0.15) is 88.4 Å². The number of aromatic hydroxyl groups is 1. The van der Waals surface area contributed by atoms with Crippen LogP contribution < -0.4 is 14.4 Å². The molecule has 4 aliphatic heterocycles. The van der Waals surface area contributed by atoms with Crippen LogP contribution in [0.3, 0.4) is 0 Å². The number of fused-ring (bicyclic) bond motifs is 4. The highest BCUT2D eigenvalue weighted by molar-refractivity contribution is 6.23. The summed E-state index contributed by atoms with van der Waals surface area (Å²) in [6.45, 7) is -0.0656. The summed E-state index contributed by atoms with van der Waals surface area (Å²) in [5.74, 6) is 3.98. The summed E-state index contributed by atoms with van der Waals surface area (Å²) in [6.07, 6.45) is 4.30. The van der Waals surface area contributed by atoms with Crippen LogP contribution in [-0.4, -0.2) is 70.5 Å². The lowest BCUT2D eigenvalue weighted by Crippen LogP contribution is -2.57. The van der Waals surface area contributed by atoms with Crippen molar-refractivity contribution in [3.05, 3.63) is 206 Å². The molecule has 6 aromatic carbocycles. The predicted molar refractivity (Wildman–Crippen MR) is 275 cm³/mol. The van der Waals surface area contributed by atoms with Gasteiger partial charge < -0.3 is 29.0 Å². The Morgan fingerprint density at radius 2 is 1.48 bits per heavy atom. The molecule has 75 heavy (non-hydrogen) atoms. The van der Waals surface area contributed by atoms with Crippen molar-refractivity contribution in [2.45, 2.75) is 74.9 Å². The summed E-state index contributed by atoms with van der Waals surface area (Å²) in [4.78, 5) is 79.5. The van der Waals surface area contributed by atoms with E-state index in [0.29, 0.717) is 40.2 Å². The smallest absolute Gasteiger partial charge is 0.421 e. The number of anilines is 1. The van der Waals surface area contributed by atoms with Gasteiger partial charge in [-0.15, -0.1) is 0 Å². The number of allylic oxidation sites excluding steroid dienone is 2. The quantitative estimate of drug-likeness (QED) is 0.0629. The molecule has 0 radical (unpaired) electrons. The Hall–Kier alpha value is -8.74. The van der Waals surface area contributed by atoms with Crippen LogP contribution in [0.2, 0.25) is 0 Å². The number of phenolic OH excluding ortho intramolecular Hbond substituents is 1. The highest BCUT2D eigenvalue weighted by atomic mass is 16.6. The lowest BCUT2D eigenvalue weighted by molar-refractivity contribution is -0.384. The maximum Gasteiger partial charge on any atom is 0.421 e. The van der Waals surface area contributed by atoms with Gasteiger partial charge in [0.2, 0.25) is 11.8 Å². The summed E-state index contributed by atoms with van der Waals surface area (Å²) < 4.78 is 24.0. The molecule has 15 heteroatoms. The average Bonchev–Trinajstić information content (AvgIpc) is 3.93. The lowest BCUT2D eigenvalue weighted by atomic mass is 9.64. The number of benzene rings is 6. The van der Waals surface area contributed by atoms with Crippen molar-refractivity contribution >= 4 is 35.3 Å². The molecule has 6 aromatic rings. The molecule has 3 amide bonds. The van der Waals surface area contributed by atoms with Crippen molar-refractivity contribution in [2.24, 2.45) is 5.92 Å². The van der Waals surface area contributed by atoms with Crippen LogP contribution in [-0.2, 0) is 48.8 Å². The monoisotopic (exact) mass is 1000 g/mol. The van der Waals surface area contributed by atoms with E-state index >= 15 is 19.2 Å². The standard InChI is InChI=1S/C60H52N4O11/c1-72-49-33-43-30-31-61(35-44(43)34-50(49)73-2)56(66)51-53-57(67)75-54(41-16-10-5-11-17-41)52(40-14-8-4-9-15-40)63(53)55(42-23-27-46(65)28-24-42)60(51)47-32-38(19-18-37-12-6-3-7-13-37)22-29-48(47)62(58(60)68)59(69)74-36-39-20-25-45(26-21-39)64(70)71/h4-5,8-12,14-17,20-29,32-34,51-55,65H,3,6-7,13,30-31,35-36H2,1-2H3/t51-,52-,53-,54+,55+,60-/m1/s1. The van der Waals surface area contributed by atoms with Crippen LogP contribution in [0.25, 0.3) is 0 Å². The van der Waals surface area contributed by atoms with Crippen LogP contribution in [0.15, 0.2) is 151 Å². The third kappa shape index (κ3) is 8.50. The number of rotatable bonds is 9. The van der Waals surface area contributed by atoms with E-state index in [2.05, 4.69) is 17.9 Å². The van der Waals surface area contributed by atoms with E-state index in [4.69, 9.17) is 18.9 Å². The minimum Gasteiger partial charge on any atom is -0.508 e. The fourth-order valence-electron chi connectivity index (χ4n) is 11.9. The minimum absolute atomic E-state index is 0.0574. The molecule has 4 heterocycles. The number of nitro benzene ring substituents is 1. The number of carbonyl (C=O) groups excluding carboxylic acids is 4. The summed E-state index contributed by atoms with van der Waals surface area (Å²) in [6, 6.07) is 36.1. The summed E-state index contributed by atoms with van der Waals surface area (Å²) >= 11 is 0. The number of hydrogen-bond donors (Lipinski definition) is 1. The molecule has 1 spiro atoms. The second kappa shape index (κ2) is 19.9. The second-order valence-corrected chi connectivity index (χ2v) is 19.4. The van der Waals surface area contributed by atoms with Gasteiger partial charge in [0.15, 0.2) is 11.5 Å². The molecule has 378 valence electrons. The normalized spacial score (nSPS) is 22.7. The third-order valence-corrected chi connectivity index (χ3v) is 15.3. The number of ether oxygens (including phenoxy) is 4. The third-order valence-electron chi connectivity index (χ3n) is 15.3. The Bertz CT molecular complexity index is 3330. The average molecular weight is 1010 g/mol.